The van der Waals surface area contributed by atoms with Gasteiger partial charge in [-0.3, -0.25) is 0 Å². The van der Waals surface area contributed by atoms with Crippen LogP contribution in [0, 0.1) is 11.3 Å². The molecular formula is C16H21N3. The van der Waals surface area contributed by atoms with Crippen LogP contribution >= 0.6 is 0 Å². The Balaban J connectivity index is 1.43. The van der Waals surface area contributed by atoms with Crippen LogP contribution in [0.1, 0.15) is 36.8 Å². The van der Waals surface area contributed by atoms with Crippen molar-refractivity contribution in [3.63, 3.8) is 0 Å². The number of rotatable bonds is 4. The summed E-state index contributed by atoms with van der Waals surface area (Å²) in [5.74, 6) is 0. The van der Waals surface area contributed by atoms with Gasteiger partial charge in [-0.1, -0.05) is 12.1 Å². The second kappa shape index (κ2) is 5.73. The third kappa shape index (κ3) is 3.34. The normalized spacial score (nSPS) is 21.2. The van der Waals surface area contributed by atoms with Crippen molar-refractivity contribution in [2.24, 2.45) is 0 Å². The van der Waals surface area contributed by atoms with Gasteiger partial charge in [-0.05, 0) is 56.5 Å². The van der Waals surface area contributed by atoms with Gasteiger partial charge in [0.25, 0.3) is 0 Å². The van der Waals surface area contributed by atoms with Gasteiger partial charge in [-0.15, -0.1) is 0 Å². The summed E-state index contributed by atoms with van der Waals surface area (Å²) in [4.78, 5) is 2.65. The van der Waals surface area contributed by atoms with E-state index >= 15 is 0 Å². The average Bonchev–Trinajstić information content (AvgIpc) is 3.31. The van der Waals surface area contributed by atoms with Crippen LogP contribution < -0.4 is 5.32 Å². The number of likely N-dealkylation sites (tertiary alicyclic amines) is 1. The van der Waals surface area contributed by atoms with Crippen molar-refractivity contribution in [1.29, 1.82) is 5.26 Å². The molecule has 0 atom stereocenters. The lowest BCUT2D eigenvalue weighted by Crippen LogP contribution is -2.43. The molecule has 0 radical (unpaired) electrons. The lowest BCUT2D eigenvalue weighted by Gasteiger charge is -2.32. The summed E-state index contributed by atoms with van der Waals surface area (Å²) in [6.45, 7) is 3.44. The Morgan fingerprint density at radius 1 is 1.11 bits per heavy atom. The van der Waals surface area contributed by atoms with Crippen LogP contribution in [-0.2, 0) is 6.54 Å². The van der Waals surface area contributed by atoms with Crippen molar-refractivity contribution >= 4 is 0 Å². The van der Waals surface area contributed by atoms with E-state index in [0.717, 1.165) is 18.2 Å². The molecule has 1 aliphatic heterocycles. The SMILES string of the molecule is N#Cc1ccc(CNC2CCN(C3CC3)CC2)cc1. The molecule has 100 valence electrons. The minimum absolute atomic E-state index is 0.658. The Labute approximate surface area is 115 Å². The molecule has 1 saturated carbocycles. The van der Waals surface area contributed by atoms with Gasteiger partial charge in [0.1, 0.15) is 0 Å². The number of hydrogen-bond donors (Lipinski definition) is 1. The summed E-state index contributed by atoms with van der Waals surface area (Å²) < 4.78 is 0. The van der Waals surface area contributed by atoms with Gasteiger partial charge >= 0.3 is 0 Å². The molecule has 0 amide bonds. The maximum Gasteiger partial charge on any atom is 0.0991 e. The summed E-state index contributed by atoms with van der Waals surface area (Å²) in [5, 5.41) is 12.4. The van der Waals surface area contributed by atoms with E-state index in [1.165, 1.54) is 44.3 Å². The minimum Gasteiger partial charge on any atom is -0.310 e. The molecule has 3 rings (SSSR count). The van der Waals surface area contributed by atoms with Gasteiger partial charge in [-0.2, -0.15) is 5.26 Å². The lowest BCUT2D eigenvalue weighted by molar-refractivity contribution is 0.189. The predicted molar refractivity (Wildman–Crippen MR) is 75.6 cm³/mol. The monoisotopic (exact) mass is 255 g/mol. The zero-order valence-corrected chi connectivity index (χ0v) is 11.3. The summed E-state index contributed by atoms with van der Waals surface area (Å²) in [6.07, 6.45) is 5.38. The summed E-state index contributed by atoms with van der Waals surface area (Å²) >= 11 is 0. The Hall–Kier alpha value is -1.37. The first-order chi connectivity index (χ1) is 9.35. The van der Waals surface area contributed by atoms with Gasteiger partial charge in [0.2, 0.25) is 0 Å². The van der Waals surface area contributed by atoms with Crippen molar-refractivity contribution in [2.45, 2.75) is 44.3 Å². The number of nitrogens with zero attached hydrogens (tertiary/aromatic N) is 2. The van der Waals surface area contributed by atoms with Crippen LogP contribution in [0.3, 0.4) is 0 Å². The van der Waals surface area contributed by atoms with Gasteiger partial charge < -0.3 is 10.2 Å². The summed E-state index contributed by atoms with van der Waals surface area (Å²) in [6, 6.07) is 11.6. The first-order valence-corrected chi connectivity index (χ1v) is 7.31. The molecule has 1 heterocycles. The lowest BCUT2D eigenvalue weighted by atomic mass is 10.0. The van der Waals surface area contributed by atoms with E-state index in [0.29, 0.717) is 6.04 Å². The van der Waals surface area contributed by atoms with E-state index in [4.69, 9.17) is 5.26 Å². The molecule has 1 saturated heterocycles. The molecule has 2 aliphatic rings. The third-order valence-electron chi connectivity index (χ3n) is 4.27. The molecule has 1 N–H and O–H groups in total. The number of nitrogens with one attached hydrogen (secondary N) is 1. The van der Waals surface area contributed by atoms with Crippen LogP contribution in [-0.4, -0.2) is 30.1 Å². The Morgan fingerprint density at radius 3 is 2.37 bits per heavy atom. The molecule has 0 spiro atoms. The highest BCUT2D eigenvalue weighted by Gasteiger charge is 2.31. The number of nitriles is 1. The number of hydrogen-bond acceptors (Lipinski definition) is 3. The van der Waals surface area contributed by atoms with E-state index in [1.807, 2.05) is 24.3 Å². The fourth-order valence-corrected chi connectivity index (χ4v) is 2.87. The maximum absolute atomic E-state index is 8.77. The topological polar surface area (TPSA) is 39.1 Å². The van der Waals surface area contributed by atoms with E-state index in [2.05, 4.69) is 16.3 Å². The Kier molecular flexibility index (Phi) is 3.82. The molecule has 19 heavy (non-hydrogen) atoms. The number of piperidine rings is 1. The van der Waals surface area contributed by atoms with Crippen LogP contribution in [0.5, 0.6) is 0 Å². The molecule has 3 heteroatoms. The molecular weight excluding hydrogens is 234 g/mol. The van der Waals surface area contributed by atoms with Gasteiger partial charge in [-0.25, -0.2) is 0 Å². The van der Waals surface area contributed by atoms with Gasteiger partial charge in [0, 0.05) is 18.6 Å². The second-order valence-electron chi connectivity index (χ2n) is 5.73. The van der Waals surface area contributed by atoms with Crippen LogP contribution in [0.25, 0.3) is 0 Å². The van der Waals surface area contributed by atoms with Crippen molar-refractivity contribution in [3.05, 3.63) is 35.4 Å². The average molecular weight is 255 g/mol. The zero-order chi connectivity index (χ0) is 13.1. The minimum atomic E-state index is 0.658. The van der Waals surface area contributed by atoms with Crippen LogP contribution in [0.4, 0.5) is 0 Å². The highest BCUT2D eigenvalue weighted by Crippen LogP contribution is 2.29. The number of benzene rings is 1. The molecule has 2 fully saturated rings. The fourth-order valence-electron chi connectivity index (χ4n) is 2.87. The molecule has 0 aromatic heterocycles. The summed E-state index contributed by atoms with van der Waals surface area (Å²) in [7, 11) is 0. The summed E-state index contributed by atoms with van der Waals surface area (Å²) in [5.41, 5.74) is 2.00. The Bertz CT molecular complexity index is 448. The highest BCUT2D eigenvalue weighted by molar-refractivity contribution is 5.31. The van der Waals surface area contributed by atoms with E-state index in [-0.39, 0.29) is 0 Å². The van der Waals surface area contributed by atoms with Crippen molar-refractivity contribution in [1.82, 2.24) is 10.2 Å². The van der Waals surface area contributed by atoms with Gasteiger partial charge in [0.05, 0.1) is 11.6 Å². The molecule has 1 aliphatic carbocycles. The third-order valence-corrected chi connectivity index (χ3v) is 4.27. The molecule has 1 aromatic rings. The van der Waals surface area contributed by atoms with E-state index < -0.39 is 0 Å². The van der Waals surface area contributed by atoms with Crippen LogP contribution in [0.2, 0.25) is 0 Å². The predicted octanol–water partition coefficient (Wildman–Crippen LogP) is 2.27. The highest BCUT2D eigenvalue weighted by atomic mass is 15.2. The molecule has 0 bridgehead atoms. The van der Waals surface area contributed by atoms with E-state index in [1.54, 1.807) is 0 Å². The van der Waals surface area contributed by atoms with Crippen molar-refractivity contribution < 1.29 is 0 Å². The van der Waals surface area contributed by atoms with Crippen LogP contribution in [0.15, 0.2) is 24.3 Å². The standard InChI is InChI=1S/C16H21N3/c17-11-13-1-3-14(4-2-13)12-18-15-7-9-19(10-8-15)16-5-6-16/h1-4,15-16,18H,5-10,12H2. The van der Waals surface area contributed by atoms with Gasteiger partial charge in [0.15, 0.2) is 0 Å². The first kappa shape index (κ1) is 12.7. The quantitative estimate of drug-likeness (QED) is 0.897. The molecule has 3 nitrogen and oxygen atoms in total. The zero-order valence-electron chi connectivity index (χ0n) is 11.3. The smallest absolute Gasteiger partial charge is 0.0991 e. The second-order valence-corrected chi connectivity index (χ2v) is 5.73. The Morgan fingerprint density at radius 2 is 1.79 bits per heavy atom. The largest absolute Gasteiger partial charge is 0.310 e. The van der Waals surface area contributed by atoms with Crippen molar-refractivity contribution in [2.75, 3.05) is 13.1 Å². The molecule has 0 unspecified atom stereocenters. The maximum atomic E-state index is 8.77. The van der Waals surface area contributed by atoms with Crippen molar-refractivity contribution in [3.8, 4) is 6.07 Å². The first-order valence-electron chi connectivity index (χ1n) is 7.31. The molecule has 1 aromatic carbocycles. The van der Waals surface area contributed by atoms with E-state index in [9.17, 15) is 0 Å². The fraction of sp³-hybridized carbons (Fsp3) is 0.562.